The van der Waals surface area contributed by atoms with Crippen molar-refractivity contribution in [2.75, 3.05) is 24.3 Å². The minimum Gasteiger partial charge on any atom is -0.468 e. The third-order valence-electron chi connectivity index (χ3n) is 4.31. The maximum absolute atomic E-state index is 11.4. The standard InChI is InChI=1S/C16H21N3O2.ClH/c1-21-14(20)11-17-15-16(9-5-2-6-10-16)19-13-8-4-3-7-12(13)18-15;/h3-4,7-8,19H,2,5-6,9-11H2,1H3,(H,17,18);1H. The van der Waals surface area contributed by atoms with Gasteiger partial charge in [-0.3, -0.25) is 9.79 Å². The third kappa shape index (κ3) is 3.19. The van der Waals surface area contributed by atoms with E-state index in [2.05, 4.69) is 21.7 Å². The van der Waals surface area contributed by atoms with Gasteiger partial charge in [0.15, 0.2) is 0 Å². The Morgan fingerprint density at radius 1 is 1.23 bits per heavy atom. The number of rotatable bonds is 2. The first kappa shape index (κ1) is 16.6. The van der Waals surface area contributed by atoms with Crippen LogP contribution in [0.1, 0.15) is 32.1 Å². The number of carbonyl (C=O) groups excluding carboxylic acids is 1. The summed E-state index contributed by atoms with van der Waals surface area (Å²) in [6.07, 6.45) is 5.68. The fraction of sp³-hybridized carbons (Fsp3) is 0.500. The minimum absolute atomic E-state index is 0. The molecule has 1 fully saturated rings. The molecule has 1 spiro atoms. The van der Waals surface area contributed by atoms with E-state index in [9.17, 15) is 4.79 Å². The van der Waals surface area contributed by atoms with Crippen molar-refractivity contribution in [1.29, 1.82) is 0 Å². The molecule has 0 saturated heterocycles. The van der Waals surface area contributed by atoms with Crippen LogP contribution in [0.4, 0.5) is 11.4 Å². The molecule has 2 aliphatic rings. The van der Waals surface area contributed by atoms with E-state index in [1.807, 2.05) is 18.2 Å². The Morgan fingerprint density at radius 2 is 1.91 bits per heavy atom. The summed E-state index contributed by atoms with van der Waals surface area (Å²) in [7, 11) is 1.39. The summed E-state index contributed by atoms with van der Waals surface area (Å²) in [5.74, 6) is 0.556. The topological polar surface area (TPSA) is 62.7 Å². The summed E-state index contributed by atoms with van der Waals surface area (Å²) >= 11 is 0. The number of amidine groups is 1. The van der Waals surface area contributed by atoms with Crippen LogP contribution in [0.25, 0.3) is 0 Å². The lowest BCUT2D eigenvalue weighted by Gasteiger charge is -2.44. The highest BCUT2D eigenvalue weighted by molar-refractivity contribution is 6.09. The molecule has 1 aromatic carbocycles. The van der Waals surface area contributed by atoms with Gasteiger partial charge in [-0.05, 0) is 25.0 Å². The van der Waals surface area contributed by atoms with Crippen molar-refractivity contribution >= 4 is 35.6 Å². The molecule has 0 bridgehead atoms. The van der Waals surface area contributed by atoms with Crippen LogP contribution in [0.15, 0.2) is 29.3 Å². The molecule has 1 aliphatic carbocycles. The molecule has 3 rings (SSSR count). The lowest BCUT2D eigenvalue weighted by Crippen LogP contribution is -2.54. The van der Waals surface area contributed by atoms with Gasteiger partial charge in [0.1, 0.15) is 12.4 Å². The Bertz CT molecular complexity index is 568. The molecule has 0 amide bonds. The zero-order valence-corrected chi connectivity index (χ0v) is 13.5. The van der Waals surface area contributed by atoms with E-state index >= 15 is 0 Å². The van der Waals surface area contributed by atoms with Crippen molar-refractivity contribution in [3.8, 4) is 0 Å². The van der Waals surface area contributed by atoms with Gasteiger partial charge in [0.05, 0.1) is 24.0 Å². The molecule has 1 aliphatic heterocycles. The SMILES string of the molecule is COC(=O)CN=C1Nc2ccccc2NC12CCCCC2.Cl. The van der Waals surface area contributed by atoms with Crippen LogP contribution in [-0.2, 0) is 9.53 Å². The number of ether oxygens (including phenoxy) is 1. The second-order valence-electron chi connectivity index (χ2n) is 5.68. The Balaban J connectivity index is 0.00000176. The number of methoxy groups -OCH3 is 1. The van der Waals surface area contributed by atoms with E-state index in [0.717, 1.165) is 30.1 Å². The molecule has 22 heavy (non-hydrogen) atoms. The van der Waals surface area contributed by atoms with Gasteiger partial charge in [0.2, 0.25) is 0 Å². The zero-order valence-electron chi connectivity index (χ0n) is 12.7. The number of fused-ring (bicyclic) bond motifs is 1. The summed E-state index contributed by atoms with van der Waals surface area (Å²) in [4.78, 5) is 15.9. The van der Waals surface area contributed by atoms with Gasteiger partial charge < -0.3 is 15.4 Å². The highest BCUT2D eigenvalue weighted by atomic mass is 35.5. The number of nitrogens with zero attached hydrogens (tertiary/aromatic N) is 1. The van der Waals surface area contributed by atoms with Crippen LogP contribution in [-0.4, -0.2) is 31.0 Å². The third-order valence-corrected chi connectivity index (χ3v) is 4.31. The van der Waals surface area contributed by atoms with E-state index in [0.29, 0.717) is 0 Å². The minimum atomic E-state index is -0.311. The number of hydrogen-bond donors (Lipinski definition) is 2. The average molecular weight is 324 g/mol. The maximum atomic E-state index is 11.4. The molecule has 1 heterocycles. The van der Waals surface area contributed by atoms with Crippen molar-refractivity contribution in [2.45, 2.75) is 37.6 Å². The van der Waals surface area contributed by atoms with Gasteiger partial charge in [-0.25, -0.2) is 0 Å². The summed E-state index contributed by atoms with van der Waals surface area (Å²) < 4.78 is 4.69. The van der Waals surface area contributed by atoms with E-state index in [-0.39, 0.29) is 30.5 Å². The van der Waals surface area contributed by atoms with E-state index in [1.165, 1.54) is 26.4 Å². The van der Waals surface area contributed by atoms with Crippen molar-refractivity contribution in [3.63, 3.8) is 0 Å². The van der Waals surface area contributed by atoms with Crippen LogP contribution in [0.3, 0.4) is 0 Å². The molecular weight excluding hydrogens is 302 g/mol. The zero-order chi connectivity index (χ0) is 14.7. The van der Waals surface area contributed by atoms with Crippen molar-refractivity contribution in [1.82, 2.24) is 0 Å². The second-order valence-corrected chi connectivity index (χ2v) is 5.68. The quantitative estimate of drug-likeness (QED) is 0.820. The van der Waals surface area contributed by atoms with Crippen LogP contribution in [0, 0.1) is 0 Å². The predicted octanol–water partition coefficient (Wildman–Crippen LogP) is 3.22. The Hall–Kier alpha value is -1.75. The van der Waals surface area contributed by atoms with Gasteiger partial charge in [0.25, 0.3) is 0 Å². The predicted molar refractivity (Wildman–Crippen MR) is 91.1 cm³/mol. The van der Waals surface area contributed by atoms with Gasteiger partial charge in [-0.1, -0.05) is 31.4 Å². The number of para-hydroxylation sites is 2. The van der Waals surface area contributed by atoms with E-state index in [4.69, 9.17) is 4.74 Å². The monoisotopic (exact) mass is 323 g/mol. The van der Waals surface area contributed by atoms with Gasteiger partial charge >= 0.3 is 5.97 Å². The number of esters is 1. The first-order chi connectivity index (χ1) is 10.2. The molecule has 0 aromatic heterocycles. The van der Waals surface area contributed by atoms with Crippen molar-refractivity contribution < 1.29 is 9.53 Å². The van der Waals surface area contributed by atoms with Crippen LogP contribution in [0.2, 0.25) is 0 Å². The number of anilines is 2. The number of hydrogen-bond acceptors (Lipinski definition) is 4. The van der Waals surface area contributed by atoms with Crippen LogP contribution >= 0.6 is 12.4 Å². The first-order valence-electron chi connectivity index (χ1n) is 7.49. The summed E-state index contributed by atoms with van der Waals surface area (Å²) in [6, 6.07) is 8.12. The van der Waals surface area contributed by atoms with Crippen molar-refractivity contribution in [2.24, 2.45) is 4.99 Å². The molecule has 1 saturated carbocycles. The molecule has 0 atom stereocenters. The fourth-order valence-corrected chi connectivity index (χ4v) is 3.18. The number of carbonyl (C=O) groups is 1. The molecular formula is C16H22ClN3O2. The average Bonchev–Trinajstić information content (AvgIpc) is 2.53. The Kier molecular flexibility index (Phi) is 5.29. The highest BCUT2D eigenvalue weighted by Gasteiger charge is 2.40. The summed E-state index contributed by atoms with van der Waals surface area (Å²) in [6.45, 7) is 0.0600. The lowest BCUT2D eigenvalue weighted by molar-refractivity contribution is -0.138. The molecule has 120 valence electrons. The molecule has 0 radical (unpaired) electrons. The summed E-state index contributed by atoms with van der Waals surface area (Å²) in [5, 5.41) is 7.08. The Labute approximate surface area is 136 Å². The van der Waals surface area contributed by atoms with Gasteiger partial charge in [0, 0.05) is 0 Å². The maximum Gasteiger partial charge on any atom is 0.327 e. The summed E-state index contributed by atoms with van der Waals surface area (Å²) in [5.41, 5.74) is 1.95. The van der Waals surface area contributed by atoms with Gasteiger partial charge in [-0.2, -0.15) is 0 Å². The smallest absolute Gasteiger partial charge is 0.327 e. The van der Waals surface area contributed by atoms with Crippen LogP contribution in [0.5, 0.6) is 0 Å². The first-order valence-corrected chi connectivity index (χ1v) is 7.49. The molecule has 1 aromatic rings. The number of nitrogens with one attached hydrogen (secondary N) is 2. The molecule has 0 unspecified atom stereocenters. The number of halogens is 1. The molecule has 2 N–H and O–H groups in total. The van der Waals surface area contributed by atoms with Gasteiger partial charge in [-0.15, -0.1) is 12.4 Å². The normalized spacial score (nSPS) is 20.3. The van der Waals surface area contributed by atoms with E-state index < -0.39 is 0 Å². The molecule has 5 nitrogen and oxygen atoms in total. The van der Waals surface area contributed by atoms with E-state index in [1.54, 1.807) is 0 Å². The Morgan fingerprint density at radius 3 is 2.59 bits per heavy atom. The fourth-order valence-electron chi connectivity index (χ4n) is 3.18. The second kappa shape index (κ2) is 7.01. The highest BCUT2D eigenvalue weighted by Crippen LogP contribution is 2.39. The number of benzene rings is 1. The number of aliphatic imine (C=N–C) groups is 1. The van der Waals surface area contributed by atoms with Crippen LogP contribution < -0.4 is 10.6 Å². The largest absolute Gasteiger partial charge is 0.468 e. The lowest BCUT2D eigenvalue weighted by atomic mass is 9.79. The van der Waals surface area contributed by atoms with Crippen molar-refractivity contribution in [3.05, 3.63) is 24.3 Å². The molecule has 6 heteroatoms.